The van der Waals surface area contributed by atoms with Crippen LogP contribution in [0, 0.1) is 6.92 Å². The van der Waals surface area contributed by atoms with Crippen molar-refractivity contribution < 1.29 is 0 Å². The number of hydrogen-bond acceptors (Lipinski definition) is 2. The highest BCUT2D eigenvalue weighted by atomic mass is 79.9. The maximum absolute atomic E-state index is 3.58. The van der Waals surface area contributed by atoms with Gasteiger partial charge in [-0.2, -0.15) is 0 Å². The van der Waals surface area contributed by atoms with Crippen molar-refractivity contribution in [3.05, 3.63) is 22.2 Å². The van der Waals surface area contributed by atoms with Crippen LogP contribution in [0.25, 0.3) is 0 Å². The van der Waals surface area contributed by atoms with Crippen molar-refractivity contribution in [3.63, 3.8) is 0 Å². The van der Waals surface area contributed by atoms with E-state index in [1.807, 2.05) is 11.8 Å². The second kappa shape index (κ2) is 3.54. The normalized spacial score (nSPS) is 20.7. The van der Waals surface area contributed by atoms with Crippen molar-refractivity contribution in [2.45, 2.75) is 24.8 Å². The Hall–Kier alpha value is -0.150. The van der Waals surface area contributed by atoms with Crippen LogP contribution < -0.4 is 5.32 Å². The number of fused-ring (bicyclic) bond motifs is 1. The van der Waals surface area contributed by atoms with Gasteiger partial charge in [0.25, 0.3) is 0 Å². The first kappa shape index (κ1) is 9.41. The first-order chi connectivity index (χ1) is 6.16. The molecule has 0 radical (unpaired) electrons. The fraction of sp³-hybridized carbons (Fsp3) is 0.400. The third-order valence-corrected chi connectivity index (χ3v) is 4.00. The SMILES string of the molecule is Cc1cc(Br)c2c(c1)SCC(C)N2. The standard InChI is InChI=1S/C10H12BrNS/c1-6-3-8(11)10-9(4-6)13-5-7(2)12-10/h3-4,7,12H,5H2,1-2H3. The number of rotatable bonds is 0. The lowest BCUT2D eigenvalue weighted by atomic mass is 10.2. The Morgan fingerprint density at radius 2 is 2.31 bits per heavy atom. The van der Waals surface area contributed by atoms with Crippen LogP contribution in [-0.4, -0.2) is 11.8 Å². The molecule has 1 heterocycles. The molecule has 0 spiro atoms. The third kappa shape index (κ3) is 1.86. The molecule has 2 rings (SSSR count). The number of thioether (sulfide) groups is 1. The lowest BCUT2D eigenvalue weighted by Crippen LogP contribution is -2.22. The monoisotopic (exact) mass is 257 g/mol. The van der Waals surface area contributed by atoms with Crippen molar-refractivity contribution in [3.8, 4) is 0 Å². The Morgan fingerprint density at radius 1 is 1.54 bits per heavy atom. The Bertz CT molecular complexity index is 338. The van der Waals surface area contributed by atoms with Gasteiger partial charge < -0.3 is 5.32 Å². The Kier molecular flexibility index (Phi) is 2.56. The van der Waals surface area contributed by atoms with Crippen LogP contribution in [0.15, 0.2) is 21.5 Å². The van der Waals surface area contributed by atoms with Gasteiger partial charge in [0.1, 0.15) is 0 Å². The van der Waals surface area contributed by atoms with Gasteiger partial charge in [-0.3, -0.25) is 0 Å². The minimum atomic E-state index is 0.566. The average Bonchev–Trinajstić information content (AvgIpc) is 2.06. The number of nitrogens with one attached hydrogen (secondary N) is 1. The largest absolute Gasteiger partial charge is 0.380 e. The Labute approximate surface area is 91.4 Å². The summed E-state index contributed by atoms with van der Waals surface area (Å²) in [5.74, 6) is 1.16. The van der Waals surface area contributed by atoms with Crippen LogP contribution in [0.2, 0.25) is 0 Å². The van der Waals surface area contributed by atoms with Gasteiger partial charge in [-0.05, 0) is 47.5 Å². The molecule has 0 aromatic heterocycles. The zero-order valence-corrected chi connectivity index (χ0v) is 10.1. The smallest absolute Gasteiger partial charge is 0.0625 e. The predicted molar refractivity (Wildman–Crippen MR) is 62.7 cm³/mol. The average molecular weight is 258 g/mol. The number of anilines is 1. The van der Waals surface area contributed by atoms with Crippen LogP contribution in [0.5, 0.6) is 0 Å². The molecule has 1 atom stereocenters. The molecule has 70 valence electrons. The first-order valence-electron chi connectivity index (χ1n) is 4.36. The van der Waals surface area contributed by atoms with Gasteiger partial charge >= 0.3 is 0 Å². The highest BCUT2D eigenvalue weighted by molar-refractivity contribution is 9.10. The summed E-state index contributed by atoms with van der Waals surface area (Å²) in [5, 5.41) is 3.49. The number of hydrogen-bond donors (Lipinski definition) is 1. The summed E-state index contributed by atoms with van der Waals surface area (Å²) in [4.78, 5) is 1.37. The van der Waals surface area contributed by atoms with E-state index in [4.69, 9.17) is 0 Å². The van der Waals surface area contributed by atoms with E-state index in [0.29, 0.717) is 6.04 Å². The van der Waals surface area contributed by atoms with Crippen LogP contribution in [0.3, 0.4) is 0 Å². The van der Waals surface area contributed by atoms with Crippen molar-refractivity contribution in [1.29, 1.82) is 0 Å². The minimum absolute atomic E-state index is 0.566. The second-order valence-electron chi connectivity index (χ2n) is 3.48. The Balaban J connectivity index is 2.47. The molecule has 1 unspecified atom stereocenters. The molecule has 0 bridgehead atoms. The fourth-order valence-electron chi connectivity index (χ4n) is 1.47. The minimum Gasteiger partial charge on any atom is -0.380 e. The van der Waals surface area contributed by atoms with E-state index in [9.17, 15) is 0 Å². The zero-order valence-electron chi connectivity index (χ0n) is 7.73. The quantitative estimate of drug-likeness (QED) is 0.762. The highest BCUT2D eigenvalue weighted by Gasteiger charge is 2.16. The van der Waals surface area contributed by atoms with Crippen molar-refractivity contribution in [2.75, 3.05) is 11.1 Å². The summed E-state index contributed by atoms with van der Waals surface area (Å²) < 4.78 is 1.18. The third-order valence-electron chi connectivity index (χ3n) is 2.08. The topological polar surface area (TPSA) is 12.0 Å². The summed E-state index contributed by atoms with van der Waals surface area (Å²) in [5.41, 5.74) is 2.57. The van der Waals surface area contributed by atoms with Crippen molar-refractivity contribution >= 4 is 33.4 Å². The van der Waals surface area contributed by atoms with Crippen LogP contribution in [0.4, 0.5) is 5.69 Å². The molecule has 3 heteroatoms. The van der Waals surface area contributed by atoms with Gasteiger partial charge in [0.15, 0.2) is 0 Å². The molecule has 0 saturated carbocycles. The summed E-state index contributed by atoms with van der Waals surface area (Å²) in [7, 11) is 0. The summed E-state index contributed by atoms with van der Waals surface area (Å²) in [6, 6.07) is 4.96. The maximum atomic E-state index is 3.58. The van der Waals surface area contributed by atoms with E-state index in [1.165, 1.54) is 20.6 Å². The molecule has 1 N–H and O–H groups in total. The molecule has 0 amide bonds. The predicted octanol–water partition coefficient (Wildman–Crippen LogP) is 3.66. The van der Waals surface area contributed by atoms with Crippen molar-refractivity contribution in [2.24, 2.45) is 0 Å². The molecular weight excluding hydrogens is 246 g/mol. The summed E-state index contributed by atoms with van der Waals surface area (Å²) >= 11 is 5.52. The summed E-state index contributed by atoms with van der Waals surface area (Å²) in [6.07, 6.45) is 0. The molecule has 1 aliphatic rings. The van der Waals surface area contributed by atoms with Crippen LogP contribution >= 0.6 is 27.7 Å². The first-order valence-corrected chi connectivity index (χ1v) is 6.14. The maximum Gasteiger partial charge on any atom is 0.0625 e. The lowest BCUT2D eigenvalue weighted by molar-refractivity contribution is 0.892. The molecule has 0 fully saturated rings. The van der Waals surface area contributed by atoms with E-state index in [0.717, 1.165) is 5.75 Å². The van der Waals surface area contributed by atoms with E-state index in [2.05, 4.69) is 47.2 Å². The van der Waals surface area contributed by atoms with Gasteiger partial charge in [-0.15, -0.1) is 11.8 Å². The summed E-state index contributed by atoms with van der Waals surface area (Å²) in [6.45, 7) is 4.34. The van der Waals surface area contributed by atoms with E-state index < -0.39 is 0 Å². The van der Waals surface area contributed by atoms with E-state index in [1.54, 1.807) is 0 Å². The number of benzene rings is 1. The van der Waals surface area contributed by atoms with E-state index in [-0.39, 0.29) is 0 Å². The molecule has 1 aromatic carbocycles. The van der Waals surface area contributed by atoms with Crippen LogP contribution in [-0.2, 0) is 0 Å². The Morgan fingerprint density at radius 3 is 3.08 bits per heavy atom. The molecule has 1 aliphatic heterocycles. The number of aryl methyl sites for hydroxylation is 1. The van der Waals surface area contributed by atoms with Gasteiger partial charge in [-0.1, -0.05) is 0 Å². The van der Waals surface area contributed by atoms with Gasteiger partial charge in [0.05, 0.1) is 5.69 Å². The van der Waals surface area contributed by atoms with Gasteiger partial charge in [-0.25, -0.2) is 0 Å². The molecule has 0 saturated heterocycles. The second-order valence-corrected chi connectivity index (χ2v) is 5.39. The molecular formula is C10H12BrNS. The molecule has 1 nitrogen and oxygen atoms in total. The highest BCUT2D eigenvalue weighted by Crippen LogP contribution is 2.38. The molecule has 1 aromatic rings. The van der Waals surface area contributed by atoms with Crippen LogP contribution in [0.1, 0.15) is 12.5 Å². The molecule has 13 heavy (non-hydrogen) atoms. The van der Waals surface area contributed by atoms with E-state index >= 15 is 0 Å². The number of halogens is 1. The van der Waals surface area contributed by atoms with Gasteiger partial charge in [0, 0.05) is 21.2 Å². The van der Waals surface area contributed by atoms with Gasteiger partial charge in [0.2, 0.25) is 0 Å². The molecule has 0 aliphatic carbocycles. The van der Waals surface area contributed by atoms with Crippen molar-refractivity contribution in [1.82, 2.24) is 0 Å². The fourth-order valence-corrected chi connectivity index (χ4v) is 3.38. The lowest BCUT2D eigenvalue weighted by Gasteiger charge is -2.25. The zero-order chi connectivity index (χ0) is 9.42.